The van der Waals surface area contributed by atoms with Crippen molar-refractivity contribution in [3.05, 3.63) is 29.5 Å². The monoisotopic (exact) mass is 203 g/mol. The van der Waals surface area contributed by atoms with Crippen LogP contribution in [0.2, 0.25) is 0 Å². The van der Waals surface area contributed by atoms with Gasteiger partial charge in [0.05, 0.1) is 18.3 Å². The molecule has 1 aromatic heterocycles. The smallest absolute Gasteiger partial charge is 0.166 e. The second-order valence-corrected chi connectivity index (χ2v) is 3.54. The number of benzene rings is 1. The van der Waals surface area contributed by atoms with Crippen LogP contribution in [0.4, 0.5) is 0 Å². The van der Waals surface area contributed by atoms with E-state index in [0.29, 0.717) is 5.69 Å². The second kappa shape index (κ2) is 3.42. The maximum absolute atomic E-state index is 11.0. The summed E-state index contributed by atoms with van der Waals surface area (Å²) < 4.78 is 7.16. The van der Waals surface area contributed by atoms with Crippen LogP contribution in [0, 0.1) is 6.92 Å². The van der Waals surface area contributed by atoms with Gasteiger partial charge in [-0.3, -0.25) is 4.79 Å². The molecule has 0 saturated carbocycles. The molecule has 0 N–H and O–H groups in total. The summed E-state index contributed by atoms with van der Waals surface area (Å²) in [6.45, 7) is 1.95. The number of carbonyl (C=O) groups excluding carboxylic acids is 1. The number of methoxy groups -OCH3 is 1. The van der Waals surface area contributed by atoms with Gasteiger partial charge in [0.25, 0.3) is 0 Å². The number of hydrogen-bond acceptors (Lipinski definition) is 2. The average Bonchev–Trinajstić information content (AvgIpc) is 2.51. The number of para-hydroxylation sites is 1. The van der Waals surface area contributed by atoms with Gasteiger partial charge in [-0.25, -0.2) is 0 Å². The third-order valence-electron chi connectivity index (χ3n) is 2.82. The standard InChI is InChI=1S/C12H13NO2/c1-8-9-5-4-6-11(15-3)12(9)13(2)10(8)7-14/h4-7H,1-3H3. The lowest BCUT2D eigenvalue weighted by Crippen LogP contribution is -1.96. The van der Waals surface area contributed by atoms with Crippen LogP contribution in [0.1, 0.15) is 16.1 Å². The van der Waals surface area contributed by atoms with Crippen molar-refractivity contribution in [3.63, 3.8) is 0 Å². The highest BCUT2D eigenvalue weighted by molar-refractivity contribution is 5.96. The third-order valence-corrected chi connectivity index (χ3v) is 2.82. The molecule has 0 aliphatic rings. The molecule has 0 radical (unpaired) electrons. The molecule has 0 aliphatic carbocycles. The Morgan fingerprint density at radius 1 is 1.40 bits per heavy atom. The lowest BCUT2D eigenvalue weighted by molar-refractivity contribution is 0.111. The fraction of sp³-hybridized carbons (Fsp3) is 0.250. The summed E-state index contributed by atoms with van der Waals surface area (Å²) in [6, 6.07) is 5.83. The molecule has 3 heteroatoms. The van der Waals surface area contributed by atoms with Gasteiger partial charge in [0.1, 0.15) is 5.75 Å². The van der Waals surface area contributed by atoms with Gasteiger partial charge < -0.3 is 9.30 Å². The highest BCUT2D eigenvalue weighted by Crippen LogP contribution is 2.30. The molecule has 0 bridgehead atoms. The van der Waals surface area contributed by atoms with Crippen molar-refractivity contribution in [2.24, 2.45) is 7.05 Å². The number of nitrogens with zero attached hydrogens (tertiary/aromatic N) is 1. The number of carbonyl (C=O) groups is 1. The maximum atomic E-state index is 11.0. The van der Waals surface area contributed by atoms with Crippen LogP contribution in [0.3, 0.4) is 0 Å². The van der Waals surface area contributed by atoms with Crippen molar-refractivity contribution in [2.75, 3.05) is 7.11 Å². The lowest BCUT2D eigenvalue weighted by Gasteiger charge is -2.04. The Hall–Kier alpha value is -1.77. The summed E-state index contributed by atoms with van der Waals surface area (Å²) in [7, 11) is 3.51. The molecular weight excluding hydrogens is 190 g/mol. The molecule has 1 heterocycles. The number of aldehydes is 1. The Bertz CT molecular complexity index is 526. The second-order valence-electron chi connectivity index (χ2n) is 3.54. The van der Waals surface area contributed by atoms with Crippen molar-refractivity contribution < 1.29 is 9.53 Å². The summed E-state index contributed by atoms with van der Waals surface area (Å²) in [5.41, 5.74) is 2.68. The number of ether oxygens (including phenoxy) is 1. The minimum atomic E-state index is 0.703. The number of hydrogen-bond donors (Lipinski definition) is 0. The molecule has 0 saturated heterocycles. The van der Waals surface area contributed by atoms with Crippen molar-refractivity contribution in [1.82, 2.24) is 4.57 Å². The van der Waals surface area contributed by atoms with E-state index in [9.17, 15) is 4.79 Å². The first-order valence-electron chi connectivity index (χ1n) is 4.78. The number of aromatic nitrogens is 1. The fourth-order valence-corrected chi connectivity index (χ4v) is 2.01. The zero-order valence-electron chi connectivity index (χ0n) is 9.07. The highest BCUT2D eigenvalue weighted by Gasteiger charge is 2.13. The summed E-state index contributed by atoms with van der Waals surface area (Å²) in [5.74, 6) is 0.797. The quantitative estimate of drug-likeness (QED) is 0.701. The van der Waals surface area contributed by atoms with Gasteiger partial charge >= 0.3 is 0 Å². The van der Waals surface area contributed by atoms with Crippen molar-refractivity contribution >= 4 is 17.2 Å². The van der Waals surface area contributed by atoms with Crippen LogP contribution in [0.25, 0.3) is 10.9 Å². The molecule has 0 atom stereocenters. The van der Waals surface area contributed by atoms with Crippen LogP contribution in [0.5, 0.6) is 5.75 Å². The van der Waals surface area contributed by atoms with Crippen molar-refractivity contribution in [3.8, 4) is 5.75 Å². The van der Waals surface area contributed by atoms with Gasteiger partial charge in [-0.05, 0) is 18.6 Å². The molecule has 0 aliphatic heterocycles. The minimum absolute atomic E-state index is 0.703. The zero-order valence-corrected chi connectivity index (χ0v) is 9.07. The molecule has 0 unspecified atom stereocenters. The molecule has 78 valence electrons. The summed E-state index contributed by atoms with van der Waals surface area (Å²) in [5, 5.41) is 1.07. The summed E-state index contributed by atoms with van der Waals surface area (Å²) in [4.78, 5) is 11.0. The van der Waals surface area contributed by atoms with Gasteiger partial charge in [0.15, 0.2) is 6.29 Å². The van der Waals surface area contributed by atoms with Gasteiger partial charge in [-0.1, -0.05) is 12.1 Å². The fourth-order valence-electron chi connectivity index (χ4n) is 2.01. The highest BCUT2D eigenvalue weighted by atomic mass is 16.5. The van der Waals surface area contributed by atoms with Gasteiger partial charge in [-0.2, -0.15) is 0 Å². The Balaban J connectivity index is 2.94. The van der Waals surface area contributed by atoms with Crippen LogP contribution < -0.4 is 4.74 Å². The Morgan fingerprint density at radius 3 is 2.73 bits per heavy atom. The van der Waals surface area contributed by atoms with E-state index in [1.54, 1.807) is 7.11 Å². The van der Waals surface area contributed by atoms with Crippen LogP contribution in [-0.2, 0) is 7.05 Å². The number of aryl methyl sites for hydroxylation is 2. The van der Waals surface area contributed by atoms with Crippen LogP contribution >= 0.6 is 0 Å². The van der Waals surface area contributed by atoms with Crippen LogP contribution in [-0.4, -0.2) is 18.0 Å². The first kappa shape index (κ1) is 9.77. The first-order chi connectivity index (χ1) is 7.20. The molecule has 0 amide bonds. The SMILES string of the molecule is COc1cccc2c(C)c(C=O)n(C)c12. The van der Waals surface area contributed by atoms with Crippen molar-refractivity contribution in [1.29, 1.82) is 0 Å². The average molecular weight is 203 g/mol. The zero-order chi connectivity index (χ0) is 11.0. The van der Waals surface area contributed by atoms with Crippen LogP contribution in [0.15, 0.2) is 18.2 Å². The Kier molecular flexibility index (Phi) is 2.23. The maximum Gasteiger partial charge on any atom is 0.166 e. The molecule has 0 fully saturated rings. The van der Waals surface area contributed by atoms with E-state index in [1.807, 2.05) is 36.7 Å². The minimum Gasteiger partial charge on any atom is -0.495 e. The predicted octanol–water partition coefficient (Wildman–Crippen LogP) is 2.31. The van der Waals surface area contributed by atoms with E-state index in [-0.39, 0.29) is 0 Å². The van der Waals surface area contributed by atoms with E-state index in [1.165, 1.54) is 0 Å². The third kappa shape index (κ3) is 1.23. The number of fused-ring (bicyclic) bond motifs is 1. The summed E-state index contributed by atoms with van der Waals surface area (Å²) in [6.07, 6.45) is 0.884. The molecule has 2 rings (SSSR count). The molecule has 2 aromatic rings. The van der Waals surface area contributed by atoms with E-state index < -0.39 is 0 Å². The molecular formula is C12H13NO2. The Labute approximate surface area is 88.3 Å². The molecule has 15 heavy (non-hydrogen) atoms. The largest absolute Gasteiger partial charge is 0.495 e. The number of rotatable bonds is 2. The van der Waals surface area contributed by atoms with E-state index >= 15 is 0 Å². The first-order valence-corrected chi connectivity index (χ1v) is 4.78. The topological polar surface area (TPSA) is 31.2 Å². The normalized spacial score (nSPS) is 10.6. The van der Waals surface area contributed by atoms with Gasteiger partial charge in [-0.15, -0.1) is 0 Å². The van der Waals surface area contributed by atoms with Gasteiger partial charge in [0.2, 0.25) is 0 Å². The van der Waals surface area contributed by atoms with Gasteiger partial charge in [0, 0.05) is 12.4 Å². The predicted molar refractivity (Wildman–Crippen MR) is 59.6 cm³/mol. The molecule has 3 nitrogen and oxygen atoms in total. The lowest BCUT2D eigenvalue weighted by atomic mass is 10.1. The van der Waals surface area contributed by atoms with E-state index in [2.05, 4.69) is 0 Å². The summed E-state index contributed by atoms with van der Waals surface area (Å²) >= 11 is 0. The molecule has 0 spiro atoms. The van der Waals surface area contributed by atoms with E-state index in [4.69, 9.17) is 4.74 Å². The van der Waals surface area contributed by atoms with Crippen molar-refractivity contribution in [2.45, 2.75) is 6.92 Å². The Morgan fingerprint density at radius 2 is 2.13 bits per heavy atom. The molecule has 1 aromatic carbocycles. The van der Waals surface area contributed by atoms with E-state index in [0.717, 1.165) is 28.5 Å².